The molecular formula is C16H24FN3O. The van der Waals surface area contributed by atoms with E-state index < -0.39 is 5.82 Å². The lowest BCUT2D eigenvalue weighted by Crippen LogP contribution is -2.33. The van der Waals surface area contributed by atoms with E-state index in [2.05, 4.69) is 10.6 Å². The summed E-state index contributed by atoms with van der Waals surface area (Å²) in [6, 6.07) is 6.23. The van der Waals surface area contributed by atoms with E-state index in [1.165, 1.54) is 18.9 Å². The third kappa shape index (κ3) is 5.44. The van der Waals surface area contributed by atoms with E-state index in [4.69, 9.17) is 0 Å². The normalized spacial score (nSPS) is 16.1. The molecule has 21 heavy (non-hydrogen) atoms. The zero-order chi connectivity index (χ0) is 15.1. The Hall–Kier alpha value is -1.46. The van der Waals surface area contributed by atoms with E-state index in [-0.39, 0.29) is 11.6 Å². The van der Waals surface area contributed by atoms with E-state index in [0.29, 0.717) is 6.54 Å². The first kappa shape index (κ1) is 15.9. The lowest BCUT2D eigenvalue weighted by molar-refractivity contribution is -0.117. The minimum atomic E-state index is -0.400. The number of likely N-dealkylation sites (N-methyl/N-ethyl adjacent to an activating group) is 1. The fourth-order valence-electron chi connectivity index (χ4n) is 2.65. The van der Waals surface area contributed by atoms with Crippen molar-refractivity contribution in [3.8, 4) is 0 Å². The SMILES string of the molecule is CN(CCC1CCNCC1)CC(=O)Nc1ccccc1F. The molecule has 5 heteroatoms. The number of amides is 1. The van der Waals surface area contributed by atoms with Crippen molar-refractivity contribution < 1.29 is 9.18 Å². The highest BCUT2D eigenvalue weighted by molar-refractivity contribution is 5.92. The second-order valence-corrected chi connectivity index (χ2v) is 5.75. The zero-order valence-corrected chi connectivity index (χ0v) is 12.6. The Morgan fingerprint density at radius 3 is 2.81 bits per heavy atom. The van der Waals surface area contributed by atoms with Gasteiger partial charge >= 0.3 is 0 Å². The molecule has 2 N–H and O–H groups in total. The van der Waals surface area contributed by atoms with Crippen molar-refractivity contribution in [1.29, 1.82) is 0 Å². The van der Waals surface area contributed by atoms with Crippen LogP contribution in [0.4, 0.5) is 10.1 Å². The van der Waals surface area contributed by atoms with Crippen molar-refractivity contribution in [2.75, 3.05) is 38.5 Å². The Morgan fingerprint density at radius 2 is 2.10 bits per heavy atom. The van der Waals surface area contributed by atoms with Crippen LogP contribution in [0.3, 0.4) is 0 Å². The van der Waals surface area contributed by atoms with Crippen molar-refractivity contribution in [1.82, 2.24) is 10.2 Å². The number of anilines is 1. The fraction of sp³-hybridized carbons (Fsp3) is 0.562. The molecule has 1 heterocycles. The Bertz CT molecular complexity index is 461. The van der Waals surface area contributed by atoms with Gasteiger partial charge in [0.25, 0.3) is 0 Å². The Kier molecular flexibility index (Phi) is 6.14. The van der Waals surface area contributed by atoms with E-state index in [9.17, 15) is 9.18 Å². The maximum absolute atomic E-state index is 13.4. The van der Waals surface area contributed by atoms with E-state index in [0.717, 1.165) is 32.0 Å². The topological polar surface area (TPSA) is 44.4 Å². The predicted molar refractivity (Wildman–Crippen MR) is 82.7 cm³/mol. The van der Waals surface area contributed by atoms with Gasteiger partial charge in [-0.25, -0.2) is 4.39 Å². The first-order valence-electron chi connectivity index (χ1n) is 7.59. The number of hydrogen-bond acceptors (Lipinski definition) is 3. The summed E-state index contributed by atoms with van der Waals surface area (Å²) >= 11 is 0. The third-order valence-electron chi connectivity index (χ3n) is 3.94. The zero-order valence-electron chi connectivity index (χ0n) is 12.6. The van der Waals surface area contributed by atoms with Gasteiger partial charge in [0, 0.05) is 0 Å². The molecule has 1 amide bonds. The van der Waals surface area contributed by atoms with Crippen molar-refractivity contribution in [3.05, 3.63) is 30.1 Å². The molecule has 0 aromatic heterocycles. The number of rotatable bonds is 6. The smallest absolute Gasteiger partial charge is 0.238 e. The molecule has 0 atom stereocenters. The van der Waals surface area contributed by atoms with Gasteiger partial charge in [-0.3, -0.25) is 9.69 Å². The summed E-state index contributed by atoms with van der Waals surface area (Å²) < 4.78 is 13.4. The molecule has 0 aliphatic carbocycles. The Morgan fingerprint density at radius 1 is 1.38 bits per heavy atom. The number of nitrogens with one attached hydrogen (secondary N) is 2. The highest BCUT2D eigenvalue weighted by Gasteiger charge is 2.15. The van der Waals surface area contributed by atoms with Gasteiger partial charge < -0.3 is 10.6 Å². The molecule has 4 nitrogen and oxygen atoms in total. The first-order valence-corrected chi connectivity index (χ1v) is 7.59. The summed E-state index contributed by atoms with van der Waals surface area (Å²) in [7, 11) is 1.93. The molecule has 0 spiro atoms. The maximum atomic E-state index is 13.4. The van der Waals surface area contributed by atoms with Crippen LogP contribution in [0.1, 0.15) is 19.3 Å². The van der Waals surface area contributed by atoms with E-state index >= 15 is 0 Å². The molecule has 1 aromatic carbocycles. The van der Waals surface area contributed by atoms with Gasteiger partial charge in [-0.15, -0.1) is 0 Å². The maximum Gasteiger partial charge on any atom is 0.238 e. The summed E-state index contributed by atoms with van der Waals surface area (Å²) in [5, 5.41) is 5.97. The number of halogens is 1. The Balaban J connectivity index is 1.70. The largest absolute Gasteiger partial charge is 0.322 e. The van der Waals surface area contributed by atoms with Gasteiger partial charge in [0.1, 0.15) is 5.82 Å². The van der Waals surface area contributed by atoms with Crippen LogP contribution in [-0.4, -0.2) is 44.0 Å². The molecule has 1 aromatic rings. The number of carbonyl (C=O) groups is 1. The second kappa shape index (κ2) is 8.10. The molecule has 116 valence electrons. The van der Waals surface area contributed by atoms with Gasteiger partial charge in [-0.2, -0.15) is 0 Å². The van der Waals surface area contributed by atoms with Gasteiger partial charge in [-0.1, -0.05) is 12.1 Å². The summed E-state index contributed by atoms with van der Waals surface area (Å²) in [5.41, 5.74) is 0.245. The van der Waals surface area contributed by atoms with Crippen molar-refractivity contribution in [2.45, 2.75) is 19.3 Å². The minimum Gasteiger partial charge on any atom is -0.322 e. The molecule has 1 saturated heterocycles. The minimum absolute atomic E-state index is 0.173. The van der Waals surface area contributed by atoms with E-state index in [1.807, 2.05) is 11.9 Å². The molecule has 2 rings (SSSR count). The van der Waals surface area contributed by atoms with E-state index in [1.54, 1.807) is 18.2 Å². The molecule has 0 unspecified atom stereocenters. The molecule has 0 saturated carbocycles. The molecule has 0 bridgehead atoms. The lowest BCUT2D eigenvalue weighted by atomic mass is 9.94. The fourth-order valence-corrected chi connectivity index (χ4v) is 2.65. The molecule has 1 fully saturated rings. The summed E-state index contributed by atoms with van der Waals surface area (Å²) in [5.74, 6) is 0.180. The van der Waals surface area contributed by atoms with Gasteiger partial charge in [0.05, 0.1) is 12.2 Å². The Labute approximate surface area is 125 Å². The van der Waals surface area contributed by atoms with Gasteiger partial charge in [0.2, 0.25) is 5.91 Å². The first-order chi connectivity index (χ1) is 10.1. The average molecular weight is 293 g/mol. The number of para-hydroxylation sites is 1. The third-order valence-corrected chi connectivity index (χ3v) is 3.94. The quantitative estimate of drug-likeness (QED) is 0.844. The number of carbonyl (C=O) groups excluding carboxylic acids is 1. The number of benzene rings is 1. The number of hydrogen-bond donors (Lipinski definition) is 2. The lowest BCUT2D eigenvalue weighted by Gasteiger charge is -2.25. The summed E-state index contributed by atoms with van der Waals surface area (Å²) in [6.07, 6.45) is 3.55. The molecular weight excluding hydrogens is 269 g/mol. The summed E-state index contributed by atoms with van der Waals surface area (Å²) in [4.78, 5) is 13.9. The monoisotopic (exact) mass is 293 g/mol. The highest BCUT2D eigenvalue weighted by Crippen LogP contribution is 2.16. The van der Waals surface area contributed by atoms with Crippen LogP contribution in [0.25, 0.3) is 0 Å². The van der Waals surface area contributed by atoms with Crippen molar-refractivity contribution in [2.24, 2.45) is 5.92 Å². The van der Waals surface area contributed by atoms with Crippen LogP contribution in [-0.2, 0) is 4.79 Å². The number of piperidine rings is 1. The van der Waals surface area contributed by atoms with Gasteiger partial charge in [0.15, 0.2) is 0 Å². The second-order valence-electron chi connectivity index (χ2n) is 5.75. The van der Waals surface area contributed by atoms with Crippen LogP contribution >= 0.6 is 0 Å². The van der Waals surface area contributed by atoms with Gasteiger partial charge in [-0.05, 0) is 64.0 Å². The molecule has 1 aliphatic heterocycles. The van der Waals surface area contributed by atoms with Crippen molar-refractivity contribution in [3.63, 3.8) is 0 Å². The summed E-state index contributed by atoms with van der Waals surface area (Å²) in [6.45, 7) is 3.39. The highest BCUT2D eigenvalue weighted by atomic mass is 19.1. The molecule has 0 radical (unpaired) electrons. The van der Waals surface area contributed by atoms with Crippen molar-refractivity contribution >= 4 is 11.6 Å². The van der Waals surface area contributed by atoms with Crippen LogP contribution in [0.5, 0.6) is 0 Å². The van der Waals surface area contributed by atoms with Crippen LogP contribution in [0, 0.1) is 11.7 Å². The molecule has 1 aliphatic rings. The predicted octanol–water partition coefficient (Wildman–Crippen LogP) is 2.09. The van der Waals surface area contributed by atoms with Crippen LogP contribution in [0.2, 0.25) is 0 Å². The van der Waals surface area contributed by atoms with Crippen LogP contribution < -0.4 is 10.6 Å². The number of nitrogens with zero attached hydrogens (tertiary/aromatic N) is 1. The standard InChI is InChI=1S/C16H24FN3O/c1-20(11-8-13-6-9-18-10-7-13)12-16(21)19-15-5-3-2-4-14(15)17/h2-5,13,18H,6-12H2,1H3,(H,19,21). The average Bonchev–Trinajstić information content (AvgIpc) is 2.48. The van der Waals surface area contributed by atoms with Crippen LogP contribution in [0.15, 0.2) is 24.3 Å².